The third-order valence-corrected chi connectivity index (χ3v) is 2.70. The van der Waals surface area contributed by atoms with E-state index in [9.17, 15) is 9.59 Å². The van der Waals surface area contributed by atoms with E-state index in [1.54, 1.807) is 0 Å². The monoisotopic (exact) mass is 286 g/mol. The second-order valence-corrected chi connectivity index (χ2v) is 4.26. The number of carbonyl (C=O) groups excluding carboxylic acids is 1. The number of aromatic carboxylic acids is 1. The van der Waals surface area contributed by atoms with E-state index in [0.717, 1.165) is 5.56 Å². The molecule has 0 spiro atoms. The van der Waals surface area contributed by atoms with Crippen LogP contribution in [0.3, 0.4) is 0 Å². The molecule has 0 aliphatic carbocycles. The summed E-state index contributed by atoms with van der Waals surface area (Å²) in [5, 5.41) is 8.76. The molecule has 0 aliphatic rings. The van der Waals surface area contributed by atoms with Gasteiger partial charge < -0.3 is 14.6 Å². The van der Waals surface area contributed by atoms with Gasteiger partial charge in [0.1, 0.15) is 12.4 Å². The molecule has 0 aromatic heterocycles. The van der Waals surface area contributed by atoms with Crippen LogP contribution >= 0.6 is 0 Å². The van der Waals surface area contributed by atoms with Crippen molar-refractivity contribution in [3.8, 4) is 5.75 Å². The van der Waals surface area contributed by atoms with Crippen LogP contribution in [0.5, 0.6) is 5.75 Å². The molecule has 1 N–H and O–H groups in total. The minimum atomic E-state index is -1.01. The van der Waals surface area contributed by atoms with Crippen molar-refractivity contribution >= 4 is 11.9 Å². The molecule has 21 heavy (non-hydrogen) atoms. The summed E-state index contributed by atoms with van der Waals surface area (Å²) in [7, 11) is 0. The maximum atomic E-state index is 11.5. The average Bonchev–Trinajstić information content (AvgIpc) is 2.52. The Morgan fingerprint density at radius 1 is 0.952 bits per heavy atom. The summed E-state index contributed by atoms with van der Waals surface area (Å²) in [4.78, 5) is 22.2. The van der Waals surface area contributed by atoms with Gasteiger partial charge in [-0.15, -0.1) is 0 Å². The van der Waals surface area contributed by atoms with Crippen LogP contribution in [0.25, 0.3) is 0 Å². The van der Waals surface area contributed by atoms with Crippen LogP contribution < -0.4 is 4.74 Å². The van der Waals surface area contributed by atoms with Crippen molar-refractivity contribution in [3.63, 3.8) is 0 Å². The Kier molecular flexibility index (Phi) is 4.93. The number of hydrogen-bond acceptors (Lipinski definition) is 4. The first-order valence-electron chi connectivity index (χ1n) is 6.31. The van der Waals surface area contributed by atoms with E-state index in [1.807, 2.05) is 30.3 Å². The summed E-state index contributed by atoms with van der Waals surface area (Å²) in [6.07, 6.45) is 0. The number of ether oxygens (including phenoxy) is 2. The van der Waals surface area contributed by atoms with E-state index in [2.05, 4.69) is 0 Å². The Hall–Kier alpha value is -2.82. The summed E-state index contributed by atoms with van der Waals surface area (Å²) in [6.45, 7) is -0.0275. The van der Waals surface area contributed by atoms with Gasteiger partial charge in [-0.3, -0.25) is 0 Å². The Bertz CT molecular complexity index is 604. The second kappa shape index (κ2) is 7.09. The molecule has 0 aliphatic heterocycles. The Morgan fingerprint density at radius 2 is 1.62 bits per heavy atom. The molecule has 2 aromatic carbocycles. The summed E-state index contributed by atoms with van der Waals surface area (Å²) in [5.41, 5.74) is 1.06. The van der Waals surface area contributed by atoms with Gasteiger partial charge in [-0.25, -0.2) is 9.59 Å². The van der Waals surface area contributed by atoms with Crippen LogP contribution in [0.4, 0.5) is 0 Å². The average molecular weight is 286 g/mol. The lowest BCUT2D eigenvalue weighted by Crippen LogP contribution is -2.14. The maximum absolute atomic E-state index is 11.5. The third-order valence-electron chi connectivity index (χ3n) is 2.70. The molecule has 0 saturated heterocycles. The van der Waals surface area contributed by atoms with Gasteiger partial charge >= 0.3 is 11.9 Å². The highest BCUT2D eigenvalue weighted by atomic mass is 16.6. The first kappa shape index (κ1) is 14.6. The van der Waals surface area contributed by atoms with Gasteiger partial charge in [0.15, 0.2) is 6.61 Å². The van der Waals surface area contributed by atoms with Gasteiger partial charge in [0.25, 0.3) is 0 Å². The number of rotatable bonds is 6. The largest absolute Gasteiger partial charge is 0.482 e. The van der Waals surface area contributed by atoms with Crippen molar-refractivity contribution in [1.29, 1.82) is 0 Å². The highest BCUT2D eigenvalue weighted by molar-refractivity contribution is 5.87. The number of carboxylic acids is 1. The van der Waals surface area contributed by atoms with Gasteiger partial charge in [-0.05, 0) is 29.8 Å². The van der Waals surface area contributed by atoms with Crippen LogP contribution in [0.2, 0.25) is 0 Å². The van der Waals surface area contributed by atoms with Crippen molar-refractivity contribution < 1.29 is 24.2 Å². The summed E-state index contributed by atoms with van der Waals surface area (Å²) < 4.78 is 10.3. The molecule has 5 nitrogen and oxygen atoms in total. The molecule has 0 heterocycles. The van der Waals surface area contributed by atoms with Gasteiger partial charge in [-0.2, -0.15) is 0 Å². The fourth-order valence-corrected chi connectivity index (χ4v) is 1.62. The minimum absolute atomic E-state index is 0.161. The summed E-state index contributed by atoms with van der Waals surface area (Å²) >= 11 is 0. The van der Waals surface area contributed by atoms with Gasteiger partial charge in [0.2, 0.25) is 0 Å². The van der Waals surface area contributed by atoms with E-state index in [0.29, 0.717) is 5.75 Å². The number of esters is 1. The molecular weight excluding hydrogens is 272 g/mol. The smallest absolute Gasteiger partial charge is 0.344 e. The van der Waals surface area contributed by atoms with Crippen molar-refractivity contribution in [2.45, 2.75) is 6.61 Å². The molecule has 2 rings (SSSR count). The zero-order valence-corrected chi connectivity index (χ0v) is 11.2. The lowest BCUT2D eigenvalue weighted by atomic mass is 10.2. The quantitative estimate of drug-likeness (QED) is 0.826. The van der Waals surface area contributed by atoms with Crippen molar-refractivity contribution in [2.75, 3.05) is 6.61 Å². The van der Waals surface area contributed by atoms with Crippen molar-refractivity contribution in [3.05, 3.63) is 65.7 Å². The highest BCUT2D eigenvalue weighted by Crippen LogP contribution is 2.12. The van der Waals surface area contributed by atoms with E-state index in [4.69, 9.17) is 14.6 Å². The molecule has 108 valence electrons. The molecule has 0 amide bonds. The topological polar surface area (TPSA) is 72.8 Å². The van der Waals surface area contributed by atoms with E-state index in [1.165, 1.54) is 24.3 Å². The van der Waals surface area contributed by atoms with Crippen LogP contribution in [-0.4, -0.2) is 23.7 Å². The Morgan fingerprint density at radius 3 is 2.24 bits per heavy atom. The predicted octanol–water partition coefficient (Wildman–Crippen LogP) is 2.51. The van der Waals surface area contributed by atoms with Crippen LogP contribution in [0.15, 0.2) is 54.6 Å². The summed E-state index contributed by atoms with van der Waals surface area (Å²) in [5.74, 6) is -1.08. The number of hydrogen-bond donors (Lipinski definition) is 1. The van der Waals surface area contributed by atoms with Crippen LogP contribution in [0, 0.1) is 0 Å². The first-order valence-corrected chi connectivity index (χ1v) is 6.31. The lowest BCUT2D eigenvalue weighted by molar-refractivity contribution is -0.147. The molecule has 0 atom stereocenters. The molecule has 0 saturated carbocycles. The van der Waals surface area contributed by atoms with Gasteiger partial charge in [-0.1, -0.05) is 30.3 Å². The van der Waals surface area contributed by atoms with Crippen molar-refractivity contribution in [1.82, 2.24) is 0 Å². The number of carbonyl (C=O) groups is 2. The predicted molar refractivity (Wildman–Crippen MR) is 75.1 cm³/mol. The van der Waals surface area contributed by atoms with Gasteiger partial charge in [0, 0.05) is 0 Å². The van der Waals surface area contributed by atoms with Crippen LogP contribution in [-0.2, 0) is 16.1 Å². The third kappa shape index (κ3) is 4.65. The molecule has 0 fully saturated rings. The maximum Gasteiger partial charge on any atom is 0.344 e. The SMILES string of the molecule is O=C(COc1ccc(C(=O)O)cc1)OCc1ccccc1. The second-order valence-electron chi connectivity index (χ2n) is 4.26. The molecule has 0 bridgehead atoms. The fourth-order valence-electron chi connectivity index (χ4n) is 1.62. The number of carboxylic acid groups (broad SMARTS) is 1. The van der Waals surface area contributed by atoms with Crippen molar-refractivity contribution in [2.24, 2.45) is 0 Å². The zero-order valence-electron chi connectivity index (χ0n) is 11.2. The fraction of sp³-hybridized carbons (Fsp3) is 0.125. The zero-order chi connectivity index (χ0) is 15.1. The van der Waals surface area contributed by atoms with Gasteiger partial charge in [0.05, 0.1) is 5.56 Å². The van der Waals surface area contributed by atoms with E-state index in [-0.39, 0.29) is 18.8 Å². The minimum Gasteiger partial charge on any atom is -0.482 e. The Balaban J connectivity index is 1.77. The van der Waals surface area contributed by atoms with E-state index >= 15 is 0 Å². The molecule has 0 radical (unpaired) electrons. The standard InChI is InChI=1S/C16H14O5/c17-15(21-10-12-4-2-1-3-5-12)11-20-14-8-6-13(7-9-14)16(18)19/h1-9H,10-11H2,(H,18,19). The molecule has 0 unspecified atom stereocenters. The normalized spacial score (nSPS) is 9.90. The molecule has 5 heteroatoms. The lowest BCUT2D eigenvalue weighted by Gasteiger charge is -2.07. The Labute approximate surface area is 121 Å². The van der Waals surface area contributed by atoms with E-state index < -0.39 is 11.9 Å². The van der Waals surface area contributed by atoms with Crippen LogP contribution in [0.1, 0.15) is 15.9 Å². The summed E-state index contributed by atoms with van der Waals surface area (Å²) in [6, 6.07) is 15.1. The molecular formula is C16H14O5. The first-order chi connectivity index (χ1) is 10.1. The number of benzene rings is 2. The molecule has 2 aromatic rings. The highest BCUT2D eigenvalue weighted by Gasteiger charge is 2.06.